The second-order valence-corrected chi connectivity index (χ2v) is 18.2. The minimum atomic E-state index is -2.22. The molecule has 67 heavy (non-hydrogen) atoms. The third-order valence-electron chi connectivity index (χ3n) is 13.5. The van der Waals surface area contributed by atoms with Crippen molar-refractivity contribution in [1.82, 2.24) is 42.1 Å². The zero-order valence-electron chi connectivity index (χ0n) is 38.2. The fraction of sp³-hybridized carbons (Fsp3) is 0.805. The van der Waals surface area contributed by atoms with Gasteiger partial charge in [0.05, 0.1) is 44.9 Å². The lowest BCUT2D eigenvalue weighted by Crippen LogP contribution is -2.70. The van der Waals surface area contributed by atoms with Crippen LogP contribution in [0.4, 0.5) is 0 Å². The van der Waals surface area contributed by atoms with Gasteiger partial charge in [0.25, 0.3) is 0 Å². The molecular weight excluding hydrogens is 885 g/mol. The minimum absolute atomic E-state index is 0.0194. The molecule has 2 aliphatic carbocycles. The molecule has 4 aliphatic heterocycles. The van der Waals surface area contributed by atoms with Crippen molar-refractivity contribution >= 4 is 47.4 Å². The van der Waals surface area contributed by atoms with Crippen LogP contribution in [-0.4, -0.2) is 206 Å². The highest BCUT2D eigenvalue weighted by atomic mass is 16.6. The maximum atomic E-state index is 14.7. The highest BCUT2D eigenvalue weighted by Gasteiger charge is 2.52. The number of nitrogens with one attached hydrogen (secondary N) is 7. The van der Waals surface area contributed by atoms with E-state index in [1.807, 2.05) is 0 Å². The molecule has 26 heteroatoms. The van der Waals surface area contributed by atoms with Crippen LogP contribution in [0.2, 0.25) is 0 Å². The van der Waals surface area contributed by atoms with Crippen LogP contribution in [0, 0.1) is 11.8 Å². The van der Waals surface area contributed by atoms with E-state index in [0.29, 0.717) is 25.7 Å². The Hall–Kier alpha value is -4.96. The molecule has 376 valence electrons. The molecule has 4 heterocycles. The van der Waals surface area contributed by atoms with Crippen LogP contribution in [0.5, 0.6) is 0 Å². The van der Waals surface area contributed by atoms with E-state index < -0.39 is 159 Å². The Kier molecular flexibility index (Phi) is 17.4. The fourth-order valence-corrected chi connectivity index (χ4v) is 9.67. The van der Waals surface area contributed by atoms with Crippen molar-refractivity contribution in [1.29, 1.82) is 0 Å². The molecule has 0 radical (unpaired) electrons. The van der Waals surface area contributed by atoms with E-state index in [4.69, 9.17) is 16.2 Å². The Bertz CT molecular complexity index is 1890. The van der Waals surface area contributed by atoms with Gasteiger partial charge in [-0.3, -0.25) is 38.8 Å². The van der Waals surface area contributed by atoms with Gasteiger partial charge < -0.3 is 94.1 Å². The number of aliphatic hydroxyl groups excluding tert-OH is 7. The van der Waals surface area contributed by atoms with Crippen LogP contribution in [0.15, 0.2) is 9.98 Å². The Morgan fingerprint density at radius 2 is 1.25 bits per heavy atom. The lowest BCUT2D eigenvalue weighted by Gasteiger charge is -2.46. The second kappa shape index (κ2) is 23.4. The third kappa shape index (κ3) is 12.6. The first-order valence-electron chi connectivity index (χ1n) is 23.6. The SMILES string of the molecule is [2H]C1(C[C@@H]2NC(=O)[C@H](CC3CCCCC3)NC(=O)CNC(=O)[C@H](CO)NC(=O)[C@@H](C(O)C3CN=C(N)N3[C@H]3O[C@H](CO)[C@@H](O)[C@H](O)[C@@H]3O)NC(=O)[C@H](C(O)C3CN=C(N)N3)NC2=O)CCCCC1. The summed E-state index contributed by atoms with van der Waals surface area (Å²) in [5.74, 6) is -8.11. The van der Waals surface area contributed by atoms with Crippen molar-refractivity contribution in [2.75, 3.05) is 32.8 Å². The van der Waals surface area contributed by atoms with Crippen molar-refractivity contribution in [2.45, 2.75) is 162 Å². The number of carbonyl (C=O) groups excluding carboxylic acids is 6. The number of nitrogens with two attached hydrogens (primary N) is 2. The van der Waals surface area contributed by atoms with Crippen molar-refractivity contribution in [2.24, 2.45) is 33.3 Å². The van der Waals surface area contributed by atoms with E-state index in [-0.39, 0.29) is 31.3 Å². The summed E-state index contributed by atoms with van der Waals surface area (Å²) < 4.78 is 15.0. The first-order chi connectivity index (χ1) is 32.3. The summed E-state index contributed by atoms with van der Waals surface area (Å²) in [4.78, 5) is 94.1. The van der Waals surface area contributed by atoms with E-state index in [0.717, 1.165) is 43.4 Å². The summed E-state index contributed by atoms with van der Waals surface area (Å²) in [5, 5.41) is 93.6. The van der Waals surface area contributed by atoms with Gasteiger partial charge in [-0.05, 0) is 24.7 Å². The number of carbonyl (C=O) groups is 6. The summed E-state index contributed by atoms with van der Waals surface area (Å²) in [6, 6.07) is -11.5. The highest BCUT2D eigenvalue weighted by molar-refractivity contribution is 5.98. The lowest BCUT2D eigenvalue weighted by atomic mass is 9.83. The van der Waals surface area contributed by atoms with Crippen LogP contribution >= 0.6 is 0 Å². The van der Waals surface area contributed by atoms with Crippen molar-refractivity contribution in [3.05, 3.63) is 0 Å². The van der Waals surface area contributed by atoms with Gasteiger partial charge in [0.15, 0.2) is 18.1 Å². The highest BCUT2D eigenvalue weighted by Crippen LogP contribution is 2.31. The lowest BCUT2D eigenvalue weighted by molar-refractivity contribution is -0.260. The van der Waals surface area contributed by atoms with Crippen molar-refractivity contribution in [3.8, 4) is 0 Å². The molecule has 0 aromatic heterocycles. The predicted octanol–water partition coefficient (Wildman–Crippen LogP) is -7.72. The average Bonchev–Trinajstić information content (AvgIpc) is 3.94. The number of amides is 6. The van der Waals surface area contributed by atoms with Gasteiger partial charge in [-0.15, -0.1) is 0 Å². The number of ether oxygens (including phenoxy) is 1. The summed E-state index contributed by atoms with van der Waals surface area (Å²) in [7, 11) is 0. The maximum absolute atomic E-state index is 14.7. The monoisotopic (exact) mass is 954 g/mol. The molecule has 4 fully saturated rings. The molecule has 0 aromatic carbocycles. The standard InChI is InChI=1S/C41H68N12O14/c42-40-45-13-22(50-40)29(57)27-38(66)52-28(30(58)24-14-46-41(43)53(24)39-33(61)32(60)31(59)25(17-55)67-39)37(65)49-23(16-54)34(62)44-15-26(56)47-20(11-18-7-3-1-4-8-18)35(63)48-21(36(64)51-27)12-19-9-5-2-6-10-19/h18-25,27-33,39,54-55,57-61H,1-17H2,(H2,43,46)(H,44,62)(H,47,56)(H,48,63)(H,49,65)(H,51,64)(H,52,66)(H3,42,45,50)/t20-,21-,22?,23-,24?,25+,27-,28+,29?,30?,31+,32-,33-,39-/m0/s1/i19D. The summed E-state index contributed by atoms with van der Waals surface area (Å²) in [6.45, 7) is -3.33. The molecule has 26 nitrogen and oxygen atoms in total. The quantitative estimate of drug-likeness (QED) is 0.0914. The van der Waals surface area contributed by atoms with Crippen LogP contribution in [0.1, 0.15) is 78.4 Å². The molecule has 0 bridgehead atoms. The third-order valence-corrected chi connectivity index (χ3v) is 13.5. The van der Waals surface area contributed by atoms with E-state index in [2.05, 4.69) is 47.2 Å². The Morgan fingerprint density at radius 3 is 1.90 bits per heavy atom. The minimum Gasteiger partial charge on any atom is -0.394 e. The van der Waals surface area contributed by atoms with E-state index >= 15 is 0 Å². The van der Waals surface area contributed by atoms with E-state index in [9.17, 15) is 65.9 Å². The van der Waals surface area contributed by atoms with Crippen LogP contribution < -0.4 is 48.7 Å². The summed E-state index contributed by atoms with van der Waals surface area (Å²) >= 11 is 0. The average molecular weight is 954 g/mol. The second-order valence-electron chi connectivity index (χ2n) is 18.2. The van der Waals surface area contributed by atoms with Gasteiger partial charge in [0.2, 0.25) is 35.4 Å². The molecule has 6 aliphatic rings. The fourth-order valence-electron chi connectivity index (χ4n) is 9.67. The normalized spacial score (nSPS) is 36.5. The number of guanidine groups is 2. The number of hydrogen-bond donors (Lipinski definition) is 16. The smallest absolute Gasteiger partial charge is 0.246 e. The molecule has 2 saturated carbocycles. The van der Waals surface area contributed by atoms with Gasteiger partial charge in [-0.2, -0.15) is 0 Å². The van der Waals surface area contributed by atoms with Crippen molar-refractivity contribution < 1.29 is 70.6 Å². The van der Waals surface area contributed by atoms with Gasteiger partial charge >= 0.3 is 0 Å². The predicted molar refractivity (Wildman–Crippen MR) is 233 cm³/mol. The van der Waals surface area contributed by atoms with Crippen molar-refractivity contribution in [3.63, 3.8) is 0 Å². The maximum Gasteiger partial charge on any atom is 0.246 e. The topological polar surface area (TPSA) is 417 Å². The summed E-state index contributed by atoms with van der Waals surface area (Å²) in [5.41, 5.74) is 12.0. The molecule has 6 amide bonds. The van der Waals surface area contributed by atoms with Gasteiger partial charge in [-0.25, -0.2) is 0 Å². The molecule has 2 saturated heterocycles. The number of hydrogen-bond acceptors (Lipinski definition) is 20. The molecule has 4 unspecified atom stereocenters. The molecule has 18 N–H and O–H groups in total. The Morgan fingerprint density at radius 1 is 0.657 bits per heavy atom. The van der Waals surface area contributed by atoms with Gasteiger partial charge in [-0.1, -0.05) is 64.2 Å². The Labute approximate surface area is 387 Å². The van der Waals surface area contributed by atoms with Crippen LogP contribution in [-0.2, 0) is 33.5 Å². The first kappa shape index (κ1) is 49.9. The van der Waals surface area contributed by atoms with Gasteiger partial charge in [0.1, 0.15) is 66.8 Å². The zero-order chi connectivity index (χ0) is 49.4. The molecular formula is C41H68N12O14. The number of aliphatic imine (C=N–C) groups is 2. The first-order valence-corrected chi connectivity index (χ1v) is 23.1. The van der Waals surface area contributed by atoms with E-state index in [1.165, 1.54) is 0 Å². The van der Waals surface area contributed by atoms with E-state index in [1.54, 1.807) is 0 Å². The molecule has 14 atom stereocenters. The van der Waals surface area contributed by atoms with Crippen LogP contribution in [0.3, 0.4) is 0 Å². The van der Waals surface area contributed by atoms with Crippen LogP contribution in [0.25, 0.3) is 0 Å². The molecule has 0 spiro atoms. The Balaban J connectivity index is 1.38. The zero-order valence-corrected chi connectivity index (χ0v) is 37.2. The summed E-state index contributed by atoms with van der Waals surface area (Å²) in [6.07, 6.45) is -5.73. The van der Waals surface area contributed by atoms with Gasteiger partial charge in [0, 0.05) is 1.37 Å². The molecule has 0 aromatic rings. The number of nitrogens with zero attached hydrogens (tertiary/aromatic N) is 3. The molecule has 6 rings (SSSR count). The number of aliphatic hydroxyl groups is 7. The largest absolute Gasteiger partial charge is 0.394 e. The number of rotatable bonds is 11.